The number of aliphatic carboxylic acids is 1. The lowest BCUT2D eigenvalue weighted by atomic mass is 9.95. The summed E-state index contributed by atoms with van der Waals surface area (Å²) >= 11 is 0. The zero-order valence-electron chi connectivity index (χ0n) is 18.6. The Bertz CT molecular complexity index is 998. The lowest BCUT2D eigenvalue weighted by Gasteiger charge is -2.25. The van der Waals surface area contributed by atoms with Crippen LogP contribution in [0.2, 0.25) is 0 Å². The molecule has 0 aliphatic heterocycles. The van der Waals surface area contributed by atoms with E-state index in [1.165, 1.54) is 6.42 Å². The van der Waals surface area contributed by atoms with Gasteiger partial charge in [0.15, 0.2) is 5.82 Å². The van der Waals surface area contributed by atoms with Crippen LogP contribution in [0.3, 0.4) is 0 Å². The van der Waals surface area contributed by atoms with Crippen LogP contribution in [0.15, 0.2) is 66.9 Å². The van der Waals surface area contributed by atoms with Crippen LogP contribution in [0, 0.1) is 10.1 Å². The van der Waals surface area contributed by atoms with Crippen LogP contribution < -0.4 is 10.6 Å². The minimum absolute atomic E-state index is 0.111. The third-order valence-corrected chi connectivity index (χ3v) is 5.57. The van der Waals surface area contributed by atoms with Crippen LogP contribution in [0.1, 0.15) is 62.5 Å². The SMILES string of the molecule is O=C(O)CCC/C=C(/c1cccnc1)c1cccc(N/C(=C/[N+](=O)[O-])NC2CCCCC2)c1. The maximum Gasteiger partial charge on any atom is 0.303 e. The number of carboxylic acid groups (broad SMARTS) is 1. The molecule has 1 fully saturated rings. The molecular formula is C25H30N4O4. The first kappa shape index (κ1) is 24.0. The lowest BCUT2D eigenvalue weighted by molar-refractivity contribution is -0.403. The number of hydrogen-bond acceptors (Lipinski definition) is 6. The van der Waals surface area contributed by atoms with Crippen molar-refractivity contribution in [2.45, 2.75) is 57.4 Å². The van der Waals surface area contributed by atoms with Crippen molar-refractivity contribution < 1.29 is 14.8 Å². The first-order valence-electron chi connectivity index (χ1n) is 11.3. The molecule has 0 spiro atoms. The molecule has 1 aromatic heterocycles. The second-order valence-corrected chi connectivity index (χ2v) is 8.16. The topological polar surface area (TPSA) is 117 Å². The summed E-state index contributed by atoms with van der Waals surface area (Å²) < 4.78 is 0. The fraction of sp³-hybridized carbons (Fsp3) is 0.360. The second kappa shape index (κ2) is 12.4. The largest absolute Gasteiger partial charge is 0.481 e. The van der Waals surface area contributed by atoms with E-state index in [9.17, 15) is 14.9 Å². The highest BCUT2D eigenvalue weighted by atomic mass is 16.6. The molecule has 0 radical (unpaired) electrons. The molecule has 2 aromatic rings. The lowest BCUT2D eigenvalue weighted by Crippen LogP contribution is -2.33. The molecule has 0 bridgehead atoms. The molecule has 8 nitrogen and oxygen atoms in total. The fourth-order valence-electron chi connectivity index (χ4n) is 4.02. The van der Waals surface area contributed by atoms with Crippen molar-refractivity contribution in [2.75, 3.05) is 5.32 Å². The van der Waals surface area contributed by atoms with Crippen molar-refractivity contribution >= 4 is 17.2 Å². The molecule has 1 aliphatic carbocycles. The van der Waals surface area contributed by atoms with E-state index < -0.39 is 10.9 Å². The first-order valence-corrected chi connectivity index (χ1v) is 11.3. The normalized spacial score (nSPS) is 15.2. The van der Waals surface area contributed by atoms with Gasteiger partial charge in [-0.05, 0) is 55.0 Å². The van der Waals surface area contributed by atoms with Gasteiger partial charge in [-0.1, -0.05) is 43.5 Å². The predicted molar refractivity (Wildman–Crippen MR) is 128 cm³/mol. The highest BCUT2D eigenvalue weighted by molar-refractivity contribution is 5.81. The summed E-state index contributed by atoms with van der Waals surface area (Å²) in [5, 5.41) is 26.6. The van der Waals surface area contributed by atoms with Crippen molar-refractivity contribution in [3.8, 4) is 0 Å². The van der Waals surface area contributed by atoms with E-state index >= 15 is 0 Å². The third kappa shape index (κ3) is 8.07. The smallest absolute Gasteiger partial charge is 0.303 e. The van der Waals surface area contributed by atoms with Gasteiger partial charge in [0.2, 0.25) is 0 Å². The molecule has 3 rings (SSSR count). The number of rotatable bonds is 11. The number of aromatic nitrogens is 1. The number of benzene rings is 1. The maximum atomic E-state index is 11.2. The van der Waals surface area contributed by atoms with E-state index in [0.29, 0.717) is 18.7 Å². The van der Waals surface area contributed by atoms with Gasteiger partial charge in [-0.2, -0.15) is 0 Å². The summed E-state index contributed by atoms with van der Waals surface area (Å²) in [6.07, 6.45) is 13.2. The van der Waals surface area contributed by atoms with Crippen molar-refractivity contribution in [1.29, 1.82) is 0 Å². The molecule has 0 unspecified atom stereocenters. The molecule has 174 valence electrons. The molecule has 0 amide bonds. The third-order valence-electron chi connectivity index (χ3n) is 5.57. The second-order valence-electron chi connectivity index (χ2n) is 8.16. The molecule has 1 aliphatic rings. The molecule has 1 heterocycles. The Hall–Kier alpha value is -3.68. The van der Waals surface area contributed by atoms with E-state index in [0.717, 1.165) is 54.3 Å². The molecular weight excluding hydrogens is 420 g/mol. The van der Waals surface area contributed by atoms with Crippen LogP contribution in [0.5, 0.6) is 0 Å². The number of anilines is 1. The zero-order valence-corrected chi connectivity index (χ0v) is 18.6. The Labute approximate surface area is 193 Å². The van der Waals surface area contributed by atoms with Crippen LogP contribution in [-0.2, 0) is 4.79 Å². The van der Waals surface area contributed by atoms with Crippen molar-refractivity contribution in [3.63, 3.8) is 0 Å². The summed E-state index contributed by atoms with van der Waals surface area (Å²) in [5.74, 6) is -0.439. The average Bonchev–Trinajstić information content (AvgIpc) is 2.80. The summed E-state index contributed by atoms with van der Waals surface area (Å²) in [5.41, 5.74) is 3.51. The molecule has 0 saturated heterocycles. The number of nitrogens with zero attached hydrogens (tertiary/aromatic N) is 2. The van der Waals surface area contributed by atoms with Gasteiger partial charge < -0.3 is 15.7 Å². The summed E-state index contributed by atoms with van der Waals surface area (Å²) in [6, 6.07) is 11.7. The van der Waals surface area contributed by atoms with Gasteiger partial charge in [0.25, 0.3) is 6.20 Å². The van der Waals surface area contributed by atoms with Crippen LogP contribution in [-0.4, -0.2) is 27.0 Å². The molecule has 1 aromatic carbocycles. The molecule has 0 atom stereocenters. The van der Waals surface area contributed by atoms with Crippen LogP contribution in [0.25, 0.3) is 5.57 Å². The summed E-state index contributed by atoms with van der Waals surface area (Å²) in [6.45, 7) is 0. The van der Waals surface area contributed by atoms with Crippen LogP contribution >= 0.6 is 0 Å². The zero-order chi connectivity index (χ0) is 23.5. The van der Waals surface area contributed by atoms with Gasteiger partial charge in [0, 0.05) is 36.1 Å². The van der Waals surface area contributed by atoms with E-state index in [1.54, 1.807) is 12.4 Å². The number of pyridine rings is 1. The molecule has 1 saturated carbocycles. The fourth-order valence-corrected chi connectivity index (χ4v) is 4.02. The number of hydrogen-bond donors (Lipinski definition) is 3. The molecule has 8 heteroatoms. The monoisotopic (exact) mass is 450 g/mol. The van der Waals surface area contributed by atoms with E-state index in [4.69, 9.17) is 5.11 Å². The minimum atomic E-state index is -0.812. The predicted octanol–water partition coefficient (Wildman–Crippen LogP) is 5.18. The number of nitrogens with one attached hydrogen (secondary N) is 2. The Morgan fingerprint density at radius 2 is 1.97 bits per heavy atom. The number of allylic oxidation sites excluding steroid dienone is 1. The standard InChI is InChI=1S/C25H30N4O4/c30-25(31)14-5-4-13-23(20-9-7-15-26-17-20)19-8-6-12-22(16-19)28-24(18-29(32)33)27-21-10-2-1-3-11-21/h6-9,12-13,15-18,21,27-28H,1-5,10-11,14H2,(H,30,31)/b23-13+,24-18+. The van der Waals surface area contributed by atoms with Gasteiger partial charge in [0.05, 0.1) is 4.92 Å². The minimum Gasteiger partial charge on any atom is -0.481 e. The highest BCUT2D eigenvalue weighted by Crippen LogP contribution is 2.27. The van der Waals surface area contributed by atoms with Gasteiger partial charge in [-0.15, -0.1) is 0 Å². The molecule has 33 heavy (non-hydrogen) atoms. The quantitative estimate of drug-likeness (QED) is 0.245. The number of nitro groups is 1. The van der Waals surface area contributed by atoms with Gasteiger partial charge in [-0.25, -0.2) is 0 Å². The average molecular weight is 451 g/mol. The Kier molecular flexibility index (Phi) is 8.99. The summed E-state index contributed by atoms with van der Waals surface area (Å²) in [7, 11) is 0. The Balaban J connectivity index is 1.82. The van der Waals surface area contributed by atoms with Crippen molar-refractivity contribution in [1.82, 2.24) is 10.3 Å². The van der Waals surface area contributed by atoms with Gasteiger partial charge >= 0.3 is 5.97 Å². The van der Waals surface area contributed by atoms with Crippen molar-refractivity contribution in [3.05, 3.63) is 88.1 Å². The first-order chi connectivity index (χ1) is 16.0. The van der Waals surface area contributed by atoms with E-state index in [-0.39, 0.29) is 12.5 Å². The van der Waals surface area contributed by atoms with Crippen LogP contribution in [0.4, 0.5) is 5.69 Å². The van der Waals surface area contributed by atoms with E-state index in [1.807, 2.05) is 42.5 Å². The summed E-state index contributed by atoms with van der Waals surface area (Å²) in [4.78, 5) is 25.8. The van der Waals surface area contributed by atoms with E-state index in [2.05, 4.69) is 15.6 Å². The Morgan fingerprint density at radius 1 is 1.18 bits per heavy atom. The van der Waals surface area contributed by atoms with Crippen molar-refractivity contribution in [2.24, 2.45) is 0 Å². The van der Waals surface area contributed by atoms with Gasteiger partial charge in [0.1, 0.15) is 0 Å². The van der Waals surface area contributed by atoms with Gasteiger partial charge in [-0.3, -0.25) is 19.9 Å². The number of unbranched alkanes of at least 4 members (excludes halogenated alkanes) is 1. The maximum absolute atomic E-state index is 11.2. The number of carboxylic acids is 1. The molecule has 3 N–H and O–H groups in total. The number of carbonyl (C=O) groups is 1. The highest BCUT2D eigenvalue weighted by Gasteiger charge is 2.16. The Morgan fingerprint density at radius 3 is 2.67 bits per heavy atom.